The van der Waals surface area contributed by atoms with E-state index < -0.39 is 0 Å². The van der Waals surface area contributed by atoms with Crippen LogP contribution in [0.2, 0.25) is 10.0 Å². The summed E-state index contributed by atoms with van der Waals surface area (Å²) >= 11 is 18.9. The van der Waals surface area contributed by atoms with E-state index in [1.54, 1.807) is 36.4 Å². The van der Waals surface area contributed by atoms with Gasteiger partial charge in [0.2, 0.25) is 0 Å². The summed E-state index contributed by atoms with van der Waals surface area (Å²) in [4.78, 5) is 26.9. The lowest BCUT2D eigenvalue weighted by molar-refractivity contribution is -0.121. The van der Waals surface area contributed by atoms with Crippen LogP contribution < -0.4 is 14.8 Å². The lowest BCUT2D eigenvalue weighted by atomic mass is 10.1. The lowest BCUT2D eigenvalue weighted by Crippen LogP contribution is -2.27. The van der Waals surface area contributed by atoms with E-state index >= 15 is 0 Å². The fraction of sp³-hybridized carbons (Fsp3) is 0.174. The predicted octanol–water partition coefficient (Wildman–Crippen LogP) is 5.72. The number of anilines is 1. The number of rotatable bonds is 8. The second-order valence-corrected chi connectivity index (χ2v) is 9.43. The van der Waals surface area contributed by atoms with Crippen molar-refractivity contribution < 1.29 is 19.1 Å². The quantitative estimate of drug-likeness (QED) is 0.272. The molecule has 0 spiro atoms. The molecule has 2 amide bonds. The molecule has 1 heterocycles. The molecule has 3 rings (SSSR count). The van der Waals surface area contributed by atoms with Crippen LogP contribution >= 0.6 is 47.2 Å². The van der Waals surface area contributed by atoms with E-state index in [-0.39, 0.29) is 29.2 Å². The van der Waals surface area contributed by atoms with Crippen molar-refractivity contribution in [2.75, 3.05) is 25.6 Å². The van der Waals surface area contributed by atoms with E-state index in [0.717, 1.165) is 5.56 Å². The Kier molecular flexibility index (Phi) is 8.42. The molecule has 0 bridgehead atoms. The molecule has 0 aromatic heterocycles. The molecule has 1 saturated heterocycles. The fourth-order valence-electron chi connectivity index (χ4n) is 2.95. The summed E-state index contributed by atoms with van der Waals surface area (Å²) in [7, 11) is 1.46. The number of hydrogen-bond acceptors (Lipinski definition) is 6. The van der Waals surface area contributed by atoms with Gasteiger partial charge in [0.1, 0.15) is 4.32 Å². The third kappa shape index (κ3) is 6.09. The molecular weight excluding hydrogens is 503 g/mol. The summed E-state index contributed by atoms with van der Waals surface area (Å²) in [6, 6.07) is 8.50. The van der Waals surface area contributed by atoms with Crippen LogP contribution in [0.25, 0.3) is 6.08 Å². The number of thiocarbonyl (C=S) groups is 1. The number of carbonyl (C=O) groups is 2. The van der Waals surface area contributed by atoms with Crippen molar-refractivity contribution in [1.82, 2.24) is 4.90 Å². The number of benzene rings is 2. The van der Waals surface area contributed by atoms with E-state index in [4.69, 9.17) is 44.9 Å². The van der Waals surface area contributed by atoms with E-state index in [1.165, 1.54) is 23.8 Å². The molecule has 1 fully saturated rings. The van der Waals surface area contributed by atoms with Gasteiger partial charge in [0.15, 0.2) is 18.1 Å². The molecule has 1 aliphatic rings. The number of carbonyl (C=O) groups excluding carboxylic acids is 2. The minimum Gasteiger partial charge on any atom is -0.493 e. The Bertz CT molecular complexity index is 1170. The summed E-state index contributed by atoms with van der Waals surface area (Å²) in [5.41, 5.74) is 2.09. The summed E-state index contributed by atoms with van der Waals surface area (Å²) in [5, 5.41) is 3.50. The van der Waals surface area contributed by atoms with E-state index in [2.05, 4.69) is 11.9 Å². The Labute approximate surface area is 211 Å². The number of ether oxygens (including phenoxy) is 2. The van der Waals surface area contributed by atoms with Crippen molar-refractivity contribution >= 4 is 75.1 Å². The van der Waals surface area contributed by atoms with Gasteiger partial charge in [-0.15, -0.1) is 6.58 Å². The summed E-state index contributed by atoms with van der Waals surface area (Å²) in [5.74, 6) is -0.0442. The molecule has 33 heavy (non-hydrogen) atoms. The molecule has 1 aliphatic heterocycles. The molecule has 172 valence electrons. The van der Waals surface area contributed by atoms with Gasteiger partial charge in [0, 0.05) is 17.3 Å². The van der Waals surface area contributed by atoms with E-state index in [9.17, 15) is 9.59 Å². The number of aryl methyl sites for hydroxylation is 1. The Balaban J connectivity index is 1.75. The average molecular weight is 523 g/mol. The van der Waals surface area contributed by atoms with Crippen molar-refractivity contribution in [2.24, 2.45) is 0 Å². The molecular formula is C23H20Cl2N2O4S2. The molecule has 0 saturated carbocycles. The highest BCUT2D eigenvalue weighted by Gasteiger charge is 2.31. The van der Waals surface area contributed by atoms with Gasteiger partial charge in [0.25, 0.3) is 11.8 Å². The van der Waals surface area contributed by atoms with Gasteiger partial charge in [-0.1, -0.05) is 59.3 Å². The van der Waals surface area contributed by atoms with Gasteiger partial charge in [0.05, 0.1) is 17.0 Å². The Hall–Kier alpha value is -2.52. The topological polar surface area (TPSA) is 67.9 Å². The van der Waals surface area contributed by atoms with Gasteiger partial charge in [-0.2, -0.15) is 0 Å². The minimum absolute atomic E-state index is 0.201. The maximum atomic E-state index is 12.5. The zero-order valence-corrected chi connectivity index (χ0v) is 21.0. The average Bonchev–Trinajstić information content (AvgIpc) is 3.02. The highest BCUT2D eigenvalue weighted by molar-refractivity contribution is 8.26. The van der Waals surface area contributed by atoms with Gasteiger partial charge in [-0.25, -0.2) is 0 Å². The van der Waals surface area contributed by atoms with Crippen LogP contribution in [0.1, 0.15) is 11.1 Å². The molecule has 0 radical (unpaired) electrons. The van der Waals surface area contributed by atoms with Crippen molar-refractivity contribution in [3.63, 3.8) is 0 Å². The number of amides is 2. The normalized spacial score (nSPS) is 14.5. The lowest BCUT2D eigenvalue weighted by Gasteiger charge is -2.14. The number of nitrogens with one attached hydrogen (secondary N) is 1. The van der Waals surface area contributed by atoms with Crippen LogP contribution in [0.5, 0.6) is 11.5 Å². The smallest absolute Gasteiger partial charge is 0.266 e. The van der Waals surface area contributed by atoms with Gasteiger partial charge in [-0.05, 0) is 48.4 Å². The Morgan fingerprint density at radius 1 is 1.30 bits per heavy atom. The molecule has 0 atom stereocenters. The predicted molar refractivity (Wildman–Crippen MR) is 138 cm³/mol. The fourth-order valence-corrected chi connectivity index (χ4v) is 4.67. The minimum atomic E-state index is -0.381. The summed E-state index contributed by atoms with van der Waals surface area (Å²) in [6.07, 6.45) is 3.29. The third-order valence-corrected chi connectivity index (χ3v) is 6.45. The van der Waals surface area contributed by atoms with Crippen molar-refractivity contribution in [1.29, 1.82) is 0 Å². The second kappa shape index (κ2) is 11.1. The van der Waals surface area contributed by atoms with Crippen molar-refractivity contribution in [3.8, 4) is 11.5 Å². The van der Waals surface area contributed by atoms with Crippen LogP contribution in [-0.2, 0) is 9.59 Å². The summed E-state index contributed by atoms with van der Waals surface area (Å²) < 4.78 is 11.5. The molecule has 2 aromatic carbocycles. The number of nitrogens with zero attached hydrogens (tertiary/aromatic N) is 1. The standard InChI is InChI=1S/C23H20Cl2N2O4S2/c1-4-7-27-22(29)19(33-23(27)32)10-14-8-16(25)21(18(9-14)30-3)31-12-20(28)26-17-11-15(24)6-5-13(17)2/h4-6,8-11H,1,7,12H2,2-3H3,(H,26,28)/b19-10-. The number of hydrogen-bond donors (Lipinski definition) is 1. The first-order valence-electron chi connectivity index (χ1n) is 9.66. The highest BCUT2D eigenvalue weighted by atomic mass is 35.5. The number of methoxy groups -OCH3 is 1. The number of thioether (sulfide) groups is 1. The first-order chi connectivity index (χ1) is 15.7. The maximum absolute atomic E-state index is 12.5. The SMILES string of the molecule is C=CCN1C(=O)/C(=C/c2cc(Cl)c(OCC(=O)Nc3cc(Cl)ccc3C)c(OC)c2)SC1=S. The molecule has 10 heteroatoms. The zero-order chi connectivity index (χ0) is 24.1. The molecule has 2 aromatic rings. The van der Waals surface area contributed by atoms with Crippen molar-refractivity contribution in [3.05, 3.63) is 69.1 Å². The van der Waals surface area contributed by atoms with Crippen LogP contribution in [0.3, 0.4) is 0 Å². The van der Waals surface area contributed by atoms with Crippen molar-refractivity contribution in [2.45, 2.75) is 6.92 Å². The van der Waals surface area contributed by atoms with Crippen LogP contribution in [-0.4, -0.2) is 41.3 Å². The Morgan fingerprint density at radius 2 is 2.06 bits per heavy atom. The van der Waals surface area contributed by atoms with Gasteiger partial charge >= 0.3 is 0 Å². The monoisotopic (exact) mass is 522 g/mol. The van der Waals surface area contributed by atoms with E-state index in [1.807, 2.05) is 13.0 Å². The Morgan fingerprint density at radius 3 is 2.76 bits per heavy atom. The molecule has 0 unspecified atom stereocenters. The molecule has 6 nitrogen and oxygen atoms in total. The summed E-state index contributed by atoms with van der Waals surface area (Å²) in [6.45, 7) is 5.55. The first kappa shape index (κ1) is 25.1. The largest absolute Gasteiger partial charge is 0.493 e. The maximum Gasteiger partial charge on any atom is 0.266 e. The number of halogens is 2. The second-order valence-electron chi connectivity index (χ2n) is 6.91. The van der Waals surface area contributed by atoms with Crippen LogP contribution in [0.4, 0.5) is 5.69 Å². The van der Waals surface area contributed by atoms with E-state index in [0.29, 0.717) is 37.8 Å². The highest BCUT2D eigenvalue weighted by Crippen LogP contribution is 2.39. The molecule has 0 aliphatic carbocycles. The van der Waals surface area contributed by atoms with Crippen LogP contribution in [0, 0.1) is 6.92 Å². The molecule has 1 N–H and O–H groups in total. The van der Waals surface area contributed by atoms with Crippen LogP contribution in [0.15, 0.2) is 47.9 Å². The third-order valence-electron chi connectivity index (χ3n) is 4.56. The zero-order valence-electron chi connectivity index (χ0n) is 17.8. The van der Waals surface area contributed by atoms with Gasteiger partial charge in [-0.3, -0.25) is 14.5 Å². The van der Waals surface area contributed by atoms with Gasteiger partial charge < -0.3 is 14.8 Å². The first-order valence-corrected chi connectivity index (χ1v) is 11.6.